The lowest BCUT2D eigenvalue weighted by atomic mass is 10.1. The SMILES string of the molecule is COc1ccc(-[n+]2noc([O-])c2CN2CCOC(CC(=O)Nc3ccc(-c4nc5ccccc5o4)cc3)C2=O)cc1. The summed E-state index contributed by atoms with van der Waals surface area (Å²) in [7, 11) is 1.55. The molecule has 1 saturated heterocycles. The summed E-state index contributed by atoms with van der Waals surface area (Å²) in [5.74, 6) is -0.323. The van der Waals surface area contributed by atoms with E-state index in [0.717, 1.165) is 11.1 Å². The van der Waals surface area contributed by atoms with Crippen LogP contribution >= 0.6 is 0 Å². The molecule has 2 amide bonds. The van der Waals surface area contributed by atoms with Gasteiger partial charge in [0.2, 0.25) is 17.5 Å². The van der Waals surface area contributed by atoms with Crippen LogP contribution in [0.1, 0.15) is 12.1 Å². The van der Waals surface area contributed by atoms with Crippen LogP contribution in [0.5, 0.6) is 11.7 Å². The van der Waals surface area contributed by atoms with Crippen molar-refractivity contribution in [3.05, 3.63) is 78.5 Å². The van der Waals surface area contributed by atoms with Gasteiger partial charge in [-0.25, -0.2) is 4.98 Å². The molecule has 1 aliphatic rings. The van der Waals surface area contributed by atoms with E-state index < -0.39 is 18.0 Å². The van der Waals surface area contributed by atoms with Crippen LogP contribution in [0.2, 0.25) is 0 Å². The van der Waals surface area contributed by atoms with Crippen molar-refractivity contribution < 1.29 is 37.8 Å². The molecule has 0 aliphatic carbocycles. The Bertz CT molecular complexity index is 1660. The number of nitrogens with zero attached hydrogens (tertiary/aromatic N) is 4. The van der Waals surface area contributed by atoms with Crippen LogP contribution in [0.4, 0.5) is 5.69 Å². The normalized spacial score (nSPS) is 15.3. The maximum Gasteiger partial charge on any atom is 0.259 e. The zero-order valence-electron chi connectivity index (χ0n) is 22.0. The van der Waals surface area contributed by atoms with Crippen LogP contribution in [0.3, 0.4) is 0 Å². The highest BCUT2D eigenvalue weighted by Crippen LogP contribution is 2.25. The van der Waals surface area contributed by atoms with Crippen molar-refractivity contribution in [3.8, 4) is 28.8 Å². The van der Waals surface area contributed by atoms with Crippen molar-refractivity contribution in [2.75, 3.05) is 25.6 Å². The van der Waals surface area contributed by atoms with Crippen LogP contribution < -0.4 is 19.8 Å². The van der Waals surface area contributed by atoms with Gasteiger partial charge in [0, 0.05) is 29.9 Å². The molecule has 12 nitrogen and oxygen atoms in total. The molecule has 2 aromatic heterocycles. The van der Waals surface area contributed by atoms with Crippen LogP contribution in [0.15, 0.2) is 81.7 Å². The Labute approximate surface area is 233 Å². The van der Waals surface area contributed by atoms with Gasteiger partial charge in [0.1, 0.15) is 23.9 Å². The number of ether oxygens (including phenoxy) is 2. The Balaban J connectivity index is 1.09. The molecular formula is C29H25N5O7. The van der Waals surface area contributed by atoms with E-state index in [9.17, 15) is 14.7 Å². The van der Waals surface area contributed by atoms with E-state index in [2.05, 4.69) is 15.6 Å². The van der Waals surface area contributed by atoms with Gasteiger partial charge >= 0.3 is 0 Å². The first-order valence-electron chi connectivity index (χ1n) is 12.9. The van der Waals surface area contributed by atoms with Crippen LogP contribution in [-0.4, -0.2) is 53.3 Å². The zero-order valence-corrected chi connectivity index (χ0v) is 22.0. The van der Waals surface area contributed by atoms with Crippen molar-refractivity contribution in [3.63, 3.8) is 0 Å². The van der Waals surface area contributed by atoms with E-state index in [1.807, 2.05) is 24.3 Å². The Kier molecular flexibility index (Phi) is 7.04. The number of carbonyl (C=O) groups is 2. The highest BCUT2D eigenvalue weighted by atomic mass is 16.6. The molecule has 5 aromatic rings. The molecular weight excluding hydrogens is 530 g/mol. The summed E-state index contributed by atoms with van der Waals surface area (Å²) in [5.41, 5.74) is 3.52. The van der Waals surface area contributed by atoms with Gasteiger partial charge in [-0.3, -0.25) is 9.59 Å². The Morgan fingerprint density at radius 2 is 1.90 bits per heavy atom. The van der Waals surface area contributed by atoms with E-state index >= 15 is 0 Å². The van der Waals surface area contributed by atoms with Gasteiger partial charge in [0.05, 0.1) is 25.4 Å². The first kappa shape index (κ1) is 26.0. The minimum absolute atomic E-state index is 0.0496. The van der Waals surface area contributed by atoms with Crippen LogP contribution in [0.25, 0.3) is 28.2 Å². The van der Waals surface area contributed by atoms with Gasteiger partial charge in [0.15, 0.2) is 11.5 Å². The van der Waals surface area contributed by atoms with Gasteiger partial charge in [-0.1, -0.05) is 12.1 Å². The number of nitrogens with one attached hydrogen (secondary N) is 1. The molecule has 3 heterocycles. The predicted octanol–water partition coefficient (Wildman–Crippen LogP) is 2.60. The summed E-state index contributed by atoms with van der Waals surface area (Å²) in [5, 5.41) is 19.0. The fourth-order valence-electron chi connectivity index (χ4n) is 4.57. The molecule has 1 unspecified atom stereocenters. The number of morpholine rings is 1. The van der Waals surface area contributed by atoms with E-state index in [0.29, 0.717) is 28.6 Å². The molecule has 1 fully saturated rings. The highest BCUT2D eigenvalue weighted by Gasteiger charge is 2.34. The maximum absolute atomic E-state index is 13.2. The molecule has 0 bridgehead atoms. The average Bonchev–Trinajstić information content (AvgIpc) is 3.59. The fraction of sp³-hybridized carbons (Fsp3) is 0.207. The van der Waals surface area contributed by atoms with Crippen LogP contribution in [0, 0.1) is 0 Å². The van der Waals surface area contributed by atoms with Gasteiger partial charge in [-0.15, -0.1) is 0 Å². The standard InChI is InChI=1S/C29H25N5O7/c1-38-21-12-10-20(11-13-21)34-23(29(37)41-32-34)17-33-14-15-39-25(28(33)36)16-26(35)30-19-8-6-18(7-9-19)27-31-22-4-2-3-5-24(22)40-27/h2-13,25H,14-17H2,1H3,(H-,30,31,32,35,37). The predicted molar refractivity (Wildman–Crippen MR) is 142 cm³/mol. The second kappa shape index (κ2) is 11.1. The van der Waals surface area contributed by atoms with Crippen molar-refractivity contribution in [1.82, 2.24) is 15.2 Å². The topological polar surface area (TPSA) is 147 Å². The third-order valence-corrected chi connectivity index (χ3v) is 6.70. The van der Waals surface area contributed by atoms with E-state index in [-0.39, 0.29) is 37.7 Å². The first-order chi connectivity index (χ1) is 20.0. The third-order valence-electron chi connectivity index (χ3n) is 6.70. The number of carbonyl (C=O) groups excluding carboxylic acids is 2. The molecule has 1 atom stereocenters. The monoisotopic (exact) mass is 555 g/mol. The number of rotatable bonds is 8. The van der Waals surface area contributed by atoms with Crippen molar-refractivity contribution in [1.29, 1.82) is 0 Å². The number of oxazole rings is 1. The molecule has 1 aliphatic heterocycles. The lowest BCUT2D eigenvalue weighted by molar-refractivity contribution is -0.678. The van der Waals surface area contributed by atoms with E-state index in [1.165, 1.54) is 9.58 Å². The molecule has 0 saturated carbocycles. The second-order valence-corrected chi connectivity index (χ2v) is 9.35. The maximum atomic E-state index is 13.2. The summed E-state index contributed by atoms with van der Waals surface area (Å²) < 4.78 is 22.8. The number of benzene rings is 3. The summed E-state index contributed by atoms with van der Waals surface area (Å²) in [6.45, 7) is 0.415. The molecule has 6 rings (SSSR count). The summed E-state index contributed by atoms with van der Waals surface area (Å²) >= 11 is 0. The highest BCUT2D eigenvalue weighted by molar-refractivity contribution is 5.95. The van der Waals surface area contributed by atoms with Crippen molar-refractivity contribution in [2.24, 2.45) is 0 Å². The number of para-hydroxylation sites is 2. The van der Waals surface area contributed by atoms with Gasteiger partial charge in [0.25, 0.3) is 11.6 Å². The molecule has 3 aromatic carbocycles. The zero-order chi connectivity index (χ0) is 28.3. The van der Waals surface area contributed by atoms with Gasteiger partial charge in [-0.05, 0) is 53.2 Å². The quantitative estimate of drug-likeness (QED) is 0.285. The Morgan fingerprint density at radius 1 is 1.12 bits per heavy atom. The largest absolute Gasteiger partial charge is 0.539 e. The molecule has 41 heavy (non-hydrogen) atoms. The van der Waals surface area contributed by atoms with Crippen molar-refractivity contribution >= 4 is 28.6 Å². The first-order valence-corrected chi connectivity index (χ1v) is 12.9. The third kappa shape index (κ3) is 5.45. The summed E-state index contributed by atoms with van der Waals surface area (Å²) in [6.07, 6.45) is -1.18. The number of fused-ring (bicyclic) bond motifs is 1. The minimum atomic E-state index is -0.993. The summed E-state index contributed by atoms with van der Waals surface area (Å²) in [6, 6.07) is 21.4. The van der Waals surface area contributed by atoms with E-state index in [4.69, 9.17) is 18.4 Å². The minimum Gasteiger partial charge on any atom is -0.539 e. The fourth-order valence-corrected chi connectivity index (χ4v) is 4.57. The second-order valence-electron chi connectivity index (χ2n) is 9.35. The lowest BCUT2D eigenvalue weighted by Crippen LogP contribution is -2.50. The molecule has 0 radical (unpaired) electrons. The average molecular weight is 556 g/mol. The molecule has 208 valence electrons. The van der Waals surface area contributed by atoms with Gasteiger partial charge < -0.3 is 33.7 Å². The number of methoxy groups -OCH3 is 1. The number of amides is 2. The van der Waals surface area contributed by atoms with Crippen LogP contribution in [-0.2, 0) is 20.9 Å². The molecule has 1 N–H and O–H groups in total. The molecule has 0 spiro atoms. The van der Waals surface area contributed by atoms with Gasteiger partial charge in [-0.2, -0.15) is 0 Å². The number of hydrogen-bond acceptors (Lipinski definition) is 9. The Morgan fingerprint density at radius 3 is 2.66 bits per heavy atom. The number of aromatic nitrogens is 3. The van der Waals surface area contributed by atoms with Crippen molar-refractivity contribution in [2.45, 2.75) is 19.1 Å². The Hall–Kier alpha value is -5.23. The number of hydrogen-bond donors (Lipinski definition) is 1. The molecule has 12 heteroatoms. The smallest absolute Gasteiger partial charge is 0.259 e. The summed E-state index contributed by atoms with van der Waals surface area (Å²) in [4.78, 5) is 31.9. The number of anilines is 1. The van der Waals surface area contributed by atoms with E-state index in [1.54, 1.807) is 55.6 Å². The lowest BCUT2D eigenvalue weighted by Gasteiger charge is -2.31.